The normalized spacial score (nSPS) is 24.7. The first-order valence-corrected chi connectivity index (χ1v) is 18.4. The van der Waals surface area contributed by atoms with Gasteiger partial charge in [-0.15, -0.1) is 0 Å². The number of cyclic esters (lactones) is 1. The Morgan fingerprint density at radius 3 is 2.26 bits per heavy atom. The van der Waals surface area contributed by atoms with Crippen LogP contribution in [0.3, 0.4) is 0 Å². The lowest BCUT2D eigenvalue weighted by molar-refractivity contribution is -0.156. The van der Waals surface area contributed by atoms with Crippen molar-refractivity contribution in [1.82, 2.24) is 30.5 Å². The Morgan fingerprint density at radius 1 is 0.907 bits per heavy atom. The Bertz CT molecular complexity index is 1650. The number of ether oxygens (including phenoxy) is 1. The number of amides is 7. The summed E-state index contributed by atoms with van der Waals surface area (Å²) >= 11 is 0. The van der Waals surface area contributed by atoms with E-state index in [0.717, 1.165) is 12.8 Å². The number of rotatable bonds is 3. The van der Waals surface area contributed by atoms with Crippen molar-refractivity contribution in [3.63, 3.8) is 0 Å². The van der Waals surface area contributed by atoms with Gasteiger partial charge in [-0.3, -0.25) is 29.3 Å². The van der Waals surface area contributed by atoms with Crippen molar-refractivity contribution in [3.8, 4) is 0 Å². The van der Waals surface area contributed by atoms with Crippen molar-refractivity contribution in [2.24, 2.45) is 11.7 Å². The molecule has 17 nitrogen and oxygen atoms in total. The number of piperidine rings is 1. The second-order valence-corrected chi connectivity index (χ2v) is 14.0. The number of urea groups is 1. The summed E-state index contributed by atoms with van der Waals surface area (Å²) in [7, 11) is 0. The van der Waals surface area contributed by atoms with E-state index in [1.165, 1.54) is 10.5 Å². The number of primary amides is 1. The van der Waals surface area contributed by atoms with Crippen LogP contribution in [-0.2, 0) is 33.5 Å². The van der Waals surface area contributed by atoms with Crippen LogP contribution in [-0.4, -0.2) is 118 Å². The van der Waals surface area contributed by atoms with E-state index in [1.807, 2.05) is 25.1 Å². The first-order chi connectivity index (χ1) is 25.7. The van der Waals surface area contributed by atoms with Crippen LogP contribution in [0.1, 0.15) is 70.1 Å². The van der Waals surface area contributed by atoms with E-state index < -0.39 is 42.1 Å². The smallest absolute Gasteiger partial charge is 0.328 e. The number of aryl methyl sites for hydroxylation is 2. The summed E-state index contributed by atoms with van der Waals surface area (Å²) in [5, 5.41) is 10.9. The zero-order valence-corrected chi connectivity index (χ0v) is 31.4. The molecule has 5 N–H and O–H groups in total. The zero-order valence-electron chi connectivity index (χ0n) is 31.4. The molecular formula is C37H52N8O9. The number of anilines is 1. The molecule has 0 aliphatic carbocycles. The van der Waals surface area contributed by atoms with E-state index in [0.29, 0.717) is 51.1 Å². The third kappa shape index (κ3) is 11.5. The highest BCUT2D eigenvalue weighted by Gasteiger charge is 2.44. The molecule has 1 aromatic heterocycles. The summed E-state index contributed by atoms with van der Waals surface area (Å²) in [6.45, 7) is 8.39. The number of nitrogens with two attached hydrogens (primary N) is 1. The van der Waals surface area contributed by atoms with Crippen molar-refractivity contribution in [2.75, 3.05) is 38.1 Å². The van der Waals surface area contributed by atoms with Gasteiger partial charge in [-0.05, 0) is 65.2 Å². The van der Waals surface area contributed by atoms with Gasteiger partial charge in [-0.1, -0.05) is 48.0 Å². The maximum absolute atomic E-state index is 13.4. The van der Waals surface area contributed by atoms with Crippen LogP contribution in [0, 0.1) is 19.8 Å². The van der Waals surface area contributed by atoms with Gasteiger partial charge in [0.05, 0.1) is 13.0 Å². The monoisotopic (exact) mass is 752 g/mol. The molecule has 1 aromatic carbocycles. The SMILES string of the molecule is CC1CC2C(=O)OCCC(=O)N3CCCC3C(=O)N3CCCCC3C(=O)NC(C)C(=O)N2C1.Cc1cc(NC(=O)NCC(N)=O)no1.Cc1ccccc1. The Balaban J connectivity index is 0.000000252. The van der Waals surface area contributed by atoms with Crippen LogP contribution in [0.15, 0.2) is 40.9 Å². The maximum Gasteiger partial charge on any atom is 0.328 e. The highest BCUT2D eigenvalue weighted by molar-refractivity contribution is 5.96. The van der Waals surface area contributed by atoms with Gasteiger partial charge in [-0.25, -0.2) is 9.59 Å². The van der Waals surface area contributed by atoms with Crippen LogP contribution in [0.4, 0.5) is 10.6 Å². The molecule has 4 saturated heterocycles. The van der Waals surface area contributed by atoms with Gasteiger partial charge < -0.3 is 40.3 Å². The average molecular weight is 753 g/mol. The molecule has 6 rings (SSSR count). The first-order valence-electron chi connectivity index (χ1n) is 18.4. The molecule has 4 aliphatic heterocycles. The lowest BCUT2D eigenvalue weighted by Crippen LogP contribution is -2.59. The molecule has 4 aliphatic rings. The lowest BCUT2D eigenvalue weighted by atomic mass is 9.99. The van der Waals surface area contributed by atoms with Gasteiger partial charge in [0.15, 0.2) is 5.82 Å². The molecule has 0 saturated carbocycles. The molecule has 0 radical (unpaired) electrons. The summed E-state index contributed by atoms with van der Waals surface area (Å²) in [4.78, 5) is 91.3. The van der Waals surface area contributed by atoms with E-state index in [9.17, 15) is 33.6 Å². The van der Waals surface area contributed by atoms with E-state index in [1.54, 1.807) is 29.7 Å². The Morgan fingerprint density at radius 2 is 1.61 bits per heavy atom. The average Bonchev–Trinajstić information content (AvgIpc) is 3.90. The van der Waals surface area contributed by atoms with Gasteiger partial charge in [0, 0.05) is 25.7 Å². The number of aromatic nitrogens is 1. The topological polar surface area (TPSA) is 227 Å². The predicted molar refractivity (Wildman–Crippen MR) is 195 cm³/mol. The minimum absolute atomic E-state index is 0.00788. The highest BCUT2D eigenvalue weighted by atomic mass is 16.5. The van der Waals surface area contributed by atoms with E-state index in [-0.39, 0.29) is 54.9 Å². The van der Waals surface area contributed by atoms with Crippen molar-refractivity contribution in [3.05, 3.63) is 47.7 Å². The number of hydrogen-bond acceptors (Lipinski definition) is 10. The second-order valence-electron chi connectivity index (χ2n) is 14.0. The first kappa shape index (κ1) is 41.3. The molecule has 4 fully saturated rings. The number of benzene rings is 1. The maximum atomic E-state index is 13.4. The van der Waals surface area contributed by atoms with Crippen LogP contribution < -0.4 is 21.7 Å². The second kappa shape index (κ2) is 19.6. The minimum Gasteiger partial charge on any atom is -0.464 e. The summed E-state index contributed by atoms with van der Waals surface area (Å²) in [6.07, 6.45) is 3.88. The summed E-state index contributed by atoms with van der Waals surface area (Å²) in [5.41, 5.74) is 6.14. The lowest BCUT2D eigenvalue weighted by Gasteiger charge is -2.38. The van der Waals surface area contributed by atoms with Gasteiger partial charge in [-0.2, -0.15) is 0 Å². The molecule has 2 aromatic rings. The number of hydrogen-bond donors (Lipinski definition) is 4. The number of carbonyl (C=O) groups is 7. The van der Waals surface area contributed by atoms with E-state index >= 15 is 0 Å². The quantitative estimate of drug-likeness (QED) is 0.332. The zero-order chi connectivity index (χ0) is 39.4. The Labute approximate surface area is 314 Å². The van der Waals surface area contributed by atoms with Gasteiger partial charge >= 0.3 is 12.0 Å². The fourth-order valence-electron chi connectivity index (χ4n) is 6.88. The number of esters is 1. The Hall–Kier alpha value is -5.48. The fourth-order valence-corrected chi connectivity index (χ4v) is 6.88. The predicted octanol–water partition coefficient (Wildman–Crippen LogP) is 1.63. The van der Waals surface area contributed by atoms with E-state index in [2.05, 4.69) is 40.2 Å². The van der Waals surface area contributed by atoms with Crippen LogP contribution in [0.2, 0.25) is 0 Å². The number of nitrogens with one attached hydrogen (secondary N) is 3. The standard InChI is InChI=1S/C23H34N4O6.C7H10N4O3.C7H8/c1-14-12-18-23(32)33-11-8-19(28)25-10-5-7-17(25)22(31)26-9-4-3-6-16(26)20(29)24-15(2)21(30)27(18)13-14;1-4-2-6(11-14-4)10-7(13)9-3-5(8)12;1-7-5-3-2-4-6-7/h14-18H,3-13H2,1-2H3,(H,24,29);2H,3H2,1H3,(H2,8,12)(H2,9,10,11,13);2-6H,1H3. The fraction of sp³-hybridized carbons (Fsp3) is 0.568. The minimum atomic E-state index is -0.825. The van der Waals surface area contributed by atoms with Crippen LogP contribution in [0.25, 0.3) is 0 Å². The number of fused-ring (bicyclic) bond motifs is 3. The largest absolute Gasteiger partial charge is 0.464 e. The molecule has 5 heterocycles. The molecular weight excluding hydrogens is 700 g/mol. The van der Waals surface area contributed by atoms with Gasteiger partial charge in [0.1, 0.15) is 36.5 Å². The van der Waals surface area contributed by atoms with Gasteiger partial charge in [0.2, 0.25) is 29.5 Å². The number of carbonyl (C=O) groups excluding carboxylic acids is 7. The molecule has 54 heavy (non-hydrogen) atoms. The van der Waals surface area contributed by atoms with Gasteiger partial charge in [0.25, 0.3) is 0 Å². The molecule has 0 spiro atoms. The molecule has 5 atom stereocenters. The Kier molecular flexibility index (Phi) is 14.9. The van der Waals surface area contributed by atoms with Crippen molar-refractivity contribution < 1.29 is 42.8 Å². The number of nitrogens with zero attached hydrogens (tertiary/aromatic N) is 4. The van der Waals surface area contributed by atoms with Crippen molar-refractivity contribution >= 4 is 47.4 Å². The third-order valence-corrected chi connectivity index (χ3v) is 9.53. The van der Waals surface area contributed by atoms with Crippen LogP contribution in [0.5, 0.6) is 0 Å². The molecule has 7 amide bonds. The summed E-state index contributed by atoms with van der Waals surface area (Å²) in [6, 6.07) is 8.44. The van der Waals surface area contributed by atoms with Crippen molar-refractivity contribution in [1.29, 1.82) is 0 Å². The highest BCUT2D eigenvalue weighted by Crippen LogP contribution is 2.27. The van der Waals surface area contributed by atoms with E-state index in [4.69, 9.17) is 15.0 Å². The molecule has 17 heteroatoms. The molecule has 5 unspecified atom stereocenters. The van der Waals surface area contributed by atoms with Crippen molar-refractivity contribution in [2.45, 2.75) is 96.8 Å². The molecule has 294 valence electrons. The third-order valence-electron chi connectivity index (χ3n) is 9.53. The summed E-state index contributed by atoms with van der Waals surface area (Å²) < 4.78 is 10.1. The van der Waals surface area contributed by atoms with Crippen LogP contribution >= 0.6 is 0 Å². The molecule has 0 bridgehead atoms. The summed E-state index contributed by atoms with van der Waals surface area (Å²) in [5.74, 6) is -1.31.